The highest BCUT2D eigenvalue weighted by atomic mass is 15.1. The van der Waals surface area contributed by atoms with E-state index in [0.29, 0.717) is 0 Å². The summed E-state index contributed by atoms with van der Waals surface area (Å²) < 4.78 is 0. The molecule has 0 N–H and O–H groups in total. The van der Waals surface area contributed by atoms with Crippen LogP contribution >= 0.6 is 0 Å². The fourth-order valence-corrected chi connectivity index (χ4v) is 5.10. The van der Waals surface area contributed by atoms with Crippen LogP contribution in [0.15, 0.2) is 66.7 Å². The van der Waals surface area contributed by atoms with E-state index in [2.05, 4.69) is 99.4 Å². The van der Waals surface area contributed by atoms with E-state index in [0.717, 1.165) is 0 Å². The average molecular weight is 384 g/mol. The molecule has 0 aromatic heterocycles. The number of benzene rings is 3. The maximum atomic E-state index is 2.38. The normalized spacial score (nSPS) is 15.9. The maximum absolute atomic E-state index is 2.38. The number of rotatable bonds is 4. The molecule has 3 aromatic rings. The predicted molar refractivity (Wildman–Crippen MR) is 125 cm³/mol. The van der Waals surface area contributed by atoms with Crippen LogP contribution in [0.1, 0.15) is 59.9 Å². The van der Waals surface area contributed by atoms with Crippen molar-refractivity contribution in [2.45, 2.75) is 58.3 Å². The lowest BCUT2D eigenvalue weighted by Gasteiger charge is -2.39. The number of aryl methyl sites for hydroxylation is 3. The van der Waals surface area contributed by atoms with Gasteiger partial charge in [-0.05, 0) is 68.5 Å². The average Bonchev–Trinajstić information content (AvgIpc) is 2.74. The molecule has 3 aromatic carbocycles. The van der Waals surface area contributed by atoms with Crippen LogP contribution in [0.25, 0.3) is 0 Å². The van der Waals surface area contributed by atoms with Crippen molar-refractivity contribution in [1.82, 2.24) is 0 Å². The molecule has 1 aliphatic rings. The fraction of sp³-hybridized carbons (Fsp3) is 0.357. The highest BCUT2D eigenvalue weighted by Gasteiger charge is 2.35. The van der Waals surface area contributed by atoms with Crippen molar-refractivity contribution in [1.29, 1.82) is 0 Å². The molecular formula is C28H33N. The molecule has 0 unspecified atom stereocenters. The lowest BCUT2D eigenvalue weighted by atomic mass is 9.65. The molecule has 1 heteroatoms. The first-order chi connectivity index (χ1) is 14.0. The zero-order chi connectivity index (χ0) is 20.4. The zero-order valence-corrected chi connectivity index (χ0v) is 18.3. The first-order valence-corrected chi connectivity index (χ1v) is 11.0. The van der Waals surface area contributed by atoms with Gasteiger partial charge in [0, 0.05) is 23.8 Å². The van der Waals surface area contributed by atoms with Gasteiger partial charge in [0.1, 0.15) is 0 Å². The fourth-order valence-electron chi connectivity index (χ4n) is 5.10. The topological polar surface area (TPSA) is 3.24 Å². The van der Waals surface area contributed by atoms with Gasteiger partial charge in [0.2, 0.25) is 0 Å². The number of hydrogen-bond donors (Lipinski definition) is 0. The molecule has 1 aliphatic carbocycles. The Labute approximate surface area is 176 Å². The van der Waals surface area contributed by atoms with Gasteiger partial charge in [-0.2, -0.15) is 0 Å². The highest BCUT2D eigenvalue weighted by molar-refractivity contribution is 5.66. The molecule has 29 heavy (non-hydrogen) atoms. The third-order valence-corrected chi connectivity index (χ3v) is 6.83. The van der Waals surface area contributed by atoms with E-state index in [9.17, 15) is 0 Å². The third-order valence-electron chi connectivity index (χ3n) is 6.83. The Balaban J connectivity index is 1.68. The summed E-state index contributed by atoms with van der Waals surface area (Å²) >= 11 is 0. The molecule has 0 bridgehead atoms. The monoisotopic (exact) mass is 383 g/mol. The van der Waals surface area contributed by atoms with Gasteiger partial charge in [0.05, 0.1) is 0 Å². The van der Waals surface area contributed by atoms with E-state index < -0.39 is 0 Å². The van der Waals surface area contributed by atoms with Gasteiger partial charge < -0.3 is 4.90 Å². The zero-order valence-electron chi connectivity index (χ0n) is 18.3. The number of nitrogens with zero attached hydrogens (tertiary/aromatic N) is 1. The quantitative estimate of drug-likeness (QED) is 0.447. The summed E-state index contributed by atoms with van der Waals surface area (Å²) in [5, 5.41) is 0. The summed E-state index contributed by atoms with van der Waals surface area (Å²) in [5.74, 6) is 0. The van der Waals surface area contributed by atoms with Crippen molar-refractivity contribution >= 4 is 11.4 Å². The van der Waals surface area contributed by atoms with E-state index in [1.807, 2.05) is 0 Å². The van der Waals surface area contributed by atoms with Crippen LogP contribution in [0.5, 0.6) is 0 Å². The Hall–Kier alpha value is -2.54. The van der Waals surface area contributed by atoms with E-state index in [1.165, 1.54) is 71.3 Å². The lowest BCUT2D eigenvalue weighted by molar-refractivity contribution is 0.346. The molecule has 1 fully saturated rings. The number of hydrogen-bond acceptors (Lipinski definition) is 1. The Bertz CT molecular complexity index is 960. The van der Waals surface area contributed by atoms with E-state index in [4.69, 9.17) is 0 Å². The lowest BCUT2D eigenvalue weighted by Crippen LogP contribution is -2.30. The first kappa shape index (κ1) is 19.8. The van der Waals surface area contributed by atoms with Gasteiger partial charge in [-0.3, -0.25) is 0 Å². The Morgan fingerprint density at radius 1 is 0.655 bits per heavy atom. The summed E-state index contributed by atoms with van der Waals surface area (Å²) in [6.45, 7) is 6.52. The summed E-state index contributed by atoms with van der Waals surface area (Å²) in [7, 11) is 2.17. The second kappa shape index (κ2) is 8.06. The minimum absolute atomic E-state index is 0.169. The van der Waals surface area contributed by atoms with Crippen LogP contribution in [0.3, 0.4) is 0 Å². The van der Waals surface area contributed by atoms with Gasteiger partial charge in [0.15, 0.2) is 0 Å². The molecule has 0 saturated heterocycles. The van der Waals surface area contributed by atoms with Gasteiger partial charge in [0.25, 0.3) is 0 Å². The van der Waals surface area contributed by atoms with Gasteiger partial charge in [-0.15, -0.1) is 0 Å². The number of anilines is 2. The second-order valence-corrected chi connectivity index (χ2v) is 8.90. The van der Waals surface area contributed by atoms with Crippen molar-refractivity contribution in [3.63, 3.8) is 0 Å². The molecule has 0 aliphatic heterocycles. The van der Waals surface area contributed by atoms with Crippen molar-refractivity contribution in [3.8, 4) is 0 Å². The second-order valence-electron chi connectivity index (χ2n) is 8.90. The molecule has 150 valence electrons. The largest absolute Gasteiger partial charge is 0.344 e. The van der Waals surface area contributed by atoms with Crippen LogP contribution in [-0.4, -0.2) is 7.05 Å². The van der Waals surface area contributed by atoms with Crippen molar-refractivity contribution in [3.05, 3.63) is 94.5 Å². The molecule has 0 amide bonds. The minimum Gasteiger partial charge on any atom is -0.344 e. The SMILES string of the molecule is Cc1ccc(C2(c3ccc(N(C)c4ccc(C)cc4C)cc3)CCCCC2)cc1. The summed E-state index contributed by atoms with van der Waals surface area (Å²) in [5.41, 5.74) is 9.61. The molecule has 0 spiro atoms. The van der Waals surface area contributed by atoms with Crippen molar-refractivity contribution < 1.29 is 0 Å². The molecule has 4 rings (SSSR count). The smallest absolute Gasteiger partial charge is 0.0437 e. The summed E-state index contributed by atoms with van der Waals surface area (Å²) in [6.07, 6.45) is 6.50. The van der Waals surface area contributed by atoms with Gasteiger partial charge >= 0.3 is 0 Å². The van der Waals surface area contributed by atoms with Gasteiger partial charge in [-0.1, -0.05) is 78.9 Å². The van der Waals surface area contributed by atoms with E-state index >= 15 is 0 Å². The molecule has 1 saturated carbocycles. The van der Waals surface area contributed by atoms with Crippen LogP contribution in [0.4, 0.5) is 11.4 Å². The Morgan fingerprint density at radius 3 is 1.79 bits per heavy atom. The van der Waals surface area contributed by atoms with E-state index in [1.54, 1.807) is 0 Å². The molecule has 0 atom stereocenters. The molecule has 0 radical (unpaired) electrons. The summed E-state index contributed by atoms with van der Waals surface area (Å²) in [6, 6.07) is 25.3. The molecule has 0 heterocycles. The van der Waals surface area contributed by atoms with Crippen molar-refractivity contribution in [2.75, 3.05) is 11.9 Å². The van der Waals surface area contributed by atoms with Crippen molar-refractivity contribution in [2.24, 2.45) is 0 Å². The van der Waals surface area contributed by atoms with Crippen LogP contribution in [0, 0.1) is 20.8 Å². The molecular weight excluding hydrogens is 350 g/mol. The van der Waals surface area contributed by atoms with Crippen LogP contribution < -0.4 is 4.90 Å². The van der Waals surface area contributed by atoms with Gasteiger partial charge in [-0.25, -0.2) is 0 Å². The highest BCUT2D eigenvalue weighted by Crippen LogP contribution is 2.45. The van der Waals surface area contributed by atoms with Crippen LogP contribution in [-0.2, 0) is 5.41 Å². The first-order valence-electron chi connectivity index (χ1n) is 11.0. The predicted octanol–water partition coefficient (Wildman–Crippen LogP) is 7.63. The Morgan fingerprint density at radius 2 is 1.21 bits per heavy atom. The standard InChI is InChI=1S/C28H33N/c1-21-8-11-24(12-9-21)28(18-6-5-7-19-28)25-13-15-26(16-14-25)29(4)27-17-10-22(2)20-23(27)3/h8-17,20H,5-7,18-19H2,1-4H3. The molecule has 1 nitrogen and oxygen atoms in total. The van der Waals surface area contributed by atoms with Crippen LogP contribution in [0.2, 0.25) is 0 Å². The van der Waals surface area contributed by atoms with E-state index in [-0.39, 0.29) is 5.41 Å². The third kappa shape index (κ3) is 3.83. The maximum Gasteiger partial charge on any atom is 0.0437 e. The minimum atomic E-state index is 0.169. The Kier molecular flexibility index (Phi) is 5.50. The summed E-state index contributed by atoms with van der Waals surface area (Å²) in [4.78, 5) is 2.30.